The van der Waals surface area contributed by atoms with E-state index in [0.29, 0.717) is 0 Å². The first-order valence-corrected chi connectivity index (χ1v) is 9.50. The van der Waals surface area contributed by atoms with Gasteiger partial charge in [0.25, 0.3) is 0 Å². The molecule has 1 nitrogen and oxygen atoms in total. The third kappa shape index (κ3) is 4.09. The van der Waals surface area contributed by atoms with Gasteiger partial charge in [0, 0.05) is 4.43 Å². The summed E-state index contributed by atoms with van der Waals surface area (Å²) in [6.07, 6.45) is 13.9. The van der Waals surface area contributed by atoms with Crippen LogP contribution in [0.5, 0.6) is 0 Å². The van der Waals surface area contributed by atoms with Crippen molar-refractivity contribution in [3.63, 3.8) is 0 Å². The van der Waals surface area contributed by atoms with Gasteiger partial charge in [0.15, 0.2) is 0 Å². The van der Waals surface area contributed by atoms with Gasteiger partial charge in [-0.1, -0.05) is 55.2 Å². The number of halogens is 1. The Kier molecular flexibility index (Phi) is 6.26. The Labute approximate surface area is 127 Å². The van der Waals surface area contributed by atoms with Gasteiger partial charge in [-0.3, -0.25) is 0 Å². The molecule has 0 aromatic rings. The van der Waals surface area contributed by atoms with E-state index in [1.807, 2.05) is 0 Å². The number of ether oxygens (including phenoxy) is 1. The summed E-state index contributed by atoms with van der Waals surface area (Å²) in [5.74, 6) is 1.84. The summed E-state index contributed by atoms with van der Waals surface area (Å²) in [7, 11) is 0. The van der Waals surface area contributed by atoms with E-state index in [-0.39, 0.29) is 5.60 Å². The molecule has 2 rings (SSSR count). The molecule has 0 saturated heterocycles. The fraction of sp³-hybridized carbons (Fsp3) is 1.00. The lowest BCUT2D eigenvalue weighted by molar-refractivity contribution is -0.0760. The van der Waals surface area contributed by atoms with Crippen molar-refractivity contribution in [2.24, 2.45) is 11.8 Å². The SMILES string of the molecule is CCC1CCC(CI)(OCC2CCCCC2)CC1. The molecule has 0 aliphatic heterocycles. The monoisotopic (exact) mass is 364 g/mol. The second-order valence-corrected chi connectivity index (χ2v) is 7.25. The molecule has 2 heteroatoms. The molecule has 18 heavy (non-hydrogen) atoms. The third-order valence-corrected chi connectivity index (χ3v) is 6.58. The average molecular weight is 364 g/mol. The van der Waals surface area contributed by atoms with E-state index in [0.717, 1.165) is 18.4 Å². The van der Waals surface area contributed by atoms with Crippen LogP contribution < -0.4 is 0 Å². The Balaban J connectivity index is 1.77. The van der Waals surface area contributed by atoms with Gasteiger partial charge < -0.3 is 4.74 Å². The number of hydrogen-bond donors (Lipinski definition) is 0. The molecule has 2 saturated carbocycles. The second kappa shape index (κ2) is 7.47. The molecule has 0 heterocycles. The van der Waals surface area contributed by atoms with Gasteiger partial charge in [-0.25, -0.2) is 0 Å². The maximum Gasteiger partial charge on any atom is 0.0771 e. The standard InChI is InChI=1S/C16H29IO/c1-2-14-8-10-16(13-17,11-9-14)18-12-15-6-4-3-5-7-15/h14-15H,2-13H2,1H3. The zero-order chi connectivity index (χ0) is 12.8. The smallest absolute Gasteiger partial charge is 0.0771 e. The first-order chi connectivity index (χ1) is 8.78. The lowest BCUT2D eigenvalue weighted by atomic mass is 9.78. The van der Waals surface area contributed by atoms with Crippen LogP contribution in [0.15, 0.2) is 0 Å². The molecule has 0 N–H and O–H groups in total. The Hall–Kier alpha value is 0.690. The third-order valence-electron chi connectivity index (χ3n) is 5.19. The van der Waals surface area contributed by atoms with Gasteiger partial charge >= 0.3 is 0 Å². The largest absolute Gasteiger partial charge is 0.374 e. The van der Waals surface area contributed by atoms with E-state index in [4.69, 9.17) is 4.74 Å². The maximum absolute atomic E-state index is 6.44. The molecule has 0 bridgehead atoms. The minimum Gasteiger partial charge on any atom is -0.374 e. The van der Waals surface area contributed by atoms with E-state index >= 15 is 0 Å². The first-order valence-electron chi connectivity index (χ1n) is 7.98. The lowest BCUT2D eigenvalue weighted by Crippen LogP contribution is -2.40. The number of hydrogen-bond acceptors (Lipinski definition) is 1. The first kappa shape index (κ1) is 15.1. The van der Waals surface area contributed by atoms with Gasteiger partial charge in [-0.2, -0.15) is 0 Å². The molecule has 2 fully saturated rings. The van der Waals surface area contributed by atoms with Crippen molar-refractivity contribution in [3.8, 4) is 0 Å². The van der Waals surface area contributed by atoms with Crippen LogP contribution in [0.1, 0.15) is 71.1 Å². The molecule has 2 aliphatic rings. The fourth-order valence-electron chi connectivity index (χ4n) is 3.58. The van der Waals surface area contributed by atoms with Crippen molar-refractivity contribution in [3.05, 3.63) is 0 Å². The van der Waals surface area contributed by atoms with Gasteiger partial charge in [0.1, 0.15) is 0 Å². The van der Waals surface area contributed by atoms with Crippen molar-refractivity contribution in [1.82, 2.24) is 0 Å². The fourth-order valence-corrected chi connectivity index (χ4v) is 4.56. The molecule has 0 aromatic carbocycles. The molecular weight excluding hydrogens is 335 g/mol. The van der Waals surface area contributed by atoms with E-state index in [1.165, 1.54) is 68.6 Å². The number of alkyl halides is 1. The highest BCUT2D eigenvalue weighted by Crippen LogP contribution is 2.38. The quantitative estimate of drug-likeness (QED) is 0.472. The maximum atomic E-state index is 6.44. The summed E-state index contributed by atoms with van der Waals surface area (Å²) in [4.78, 5) is 0. The molecule has 0 aromatic heterocycles. The van der Waals surface area contributed by atoms with Gasteiger partial charge in [0.2, 0.25) is 0 Å². The van der Waals surface area contributed by atoms with Crippen molar-refractivity contribution >= 4 is 22.6 Å². The van der Waals surface area contributed by atoms with Gasteiger partial charge in [0.05, 0.1) is 12.2 Å². The van der Waals surface area contributed by atoms with Crippen molar-refractivity contribution in [2.45, 2.75) is 76.7 Å². The lowest BCUT2D eigenvalue weighted by Gasteiger charge is -2.40. The molecule has 0 unspecified atom stereocenters. The predicted molar refractivity (Wildman–Crippen MR) is 86.4 cm³/mol. The highest BCUT2D eigenvalue weighted by molar-refractivity contribution is 14.1. The van der Waals surface area contributed by atoms with Crippen molar-refractivity contribution in [1.29, 1.82) is 0 Å². The zero-order valence-corrected chi connectivity index (χ0v) is 14.1. The van der Waals surface area contributed by atoms with E-state index < -0.39 is 0 Å². The van der Waals surface area contributed by atoms with Crippen LogP contribution >= 0.6 is 22.6 Å². The van der Waals surface area contributed by atoms with Gasteiger partial charge in [-0.05, 0) is 50.4 Å². The van der Waals surface area contributed by atoms with Crippen molar-refractivity contribution in [2.75, 3.05) is 11.0 Å². The van der Waals surface area contributed by atoms with E-state index in [1.54, 1.807) is 0 Å². The topological polar surface area (TPSA) is 9.23 Å². The molecule has 2 aliphatic carbocycles. The number of rotatable bonds is 5. The second-order valence-electron chi connectivity index (χ2n) is 6.48. The van der Waals surface area contributed by atoms with Crippen LogP contribution in [-0.4, -0.2) is 16.6 Å². The average Bonchev–Trinajstić information content (AvgIpc) is 2.47. The van der Waals surface area contributed by atoms with Gasteiger partial charge in [-0.15, -0.1) is 0 Å². The van der Waals surface area contributed by atoms with E-state index in [9.17, 15) is 0 Å². The normalized spacial score (nSPS) is 34.7. The minimum absolute atomic E-state index is 0.240. The van der Waals surface area contributed by atoms with Crippen LogP contribution in [0.2, 0.25) is 0 Å². The molecular formula is C16H29IO. The van der Waals surface area contributed by atoms with Crippen LogP contribution in [0.25, 0.3) is 0 Å². The Morgan fingerprint density at radius 1 is 1.00 bits per heavy atom. The Morgan fingerprint density at radius 3 is 2.22 bits per heavy atom. The molecule has 0 amide bonds. The summed E-state index contributed by atoms with van der Waals surface area (Å²) >= 11 is 2.55. The van der Waals surface area contributed by atoms with E-state index in [2.05, 4.69) is 29.5 Å². The van der Waals surface area contributed by atoms with Crippen molar-refractivity contribution < 1.29 is 4.74 Å². The molecule has 0 spiro atoms. The minimum atomic E-state index is 0.240. The van der Waals surface area contributed by atoms with Crippen LogP contribution in [0.3, 0.4) is 0 Å². The van der Waals surface area contributed by atoms with Crippen LogP contribution in [-0.2, 0) is 4.74 Å². The molecule has 0 radical (unpaired) electrons. The predicted octanol–water partition coefficient (Wildman–Crippen LogP) is 5.36. The zero-order valence-electron chi connectivity index (χ0n) is 11.9. The Morgan fingerprint density at radius 2 is 1.67 bits per heavy atom. The molecule has 0 atom stereocenters. The summed E-state index contributed by atoms with van der Waals surface area (Å²) in [6.45, 7) is 3.38. The van der Waals surface area contributed by atoms with Crippen LogP contribution in [0.4, 0.5) is 0 Å². The summed E-state index contributed by atoms with van der Waals surface area (Å²) in [6, 6.07) is 0. The highest BCUT2D eigenvalue weighted by Gasteiger charge is 2.35. The summed E-state index contributed by atoms with van der Waals surface area (Å²) in [5.41, 5.74) is 0.240. The van der Waals surface area contributed by atoms with Crippen LogP contribution in [0, 0.1) is 11.8 Å². The summed E-state index contributed by atoms with van der Waals surface area (Å²) in [5, 5.41) is 0. The highest BCUT2D eigenvalue weighted by atomic mass is 127. The summed E-state index contributed by atoms with van der Waals surface area (Å²) < 4.78 is 7.63. The molecule has 106 valence electrons. The Bertz CT molecular complexity index is 227.